The summed E-state index contributed by atoms with van der Waals surface area (Å²) in [6.07, 6.45) is 1.93. The number of rotatable bonds is 8. The highest BCUT2D eigenvalue weighted by molar-refractivity contribution is 7.89. The summed E-state index contributed by atoms with van der Waals surface area (Å²) >= 11 is 0. The summed E-state index contributed by atoms with van der Waals surface area (Å²) in [5, 5.41) is 0.918. The van der Waals surface area contributed by atoms with Crippen molar-refractivity contribution in [2.75, 3.05) is 46.0 Å². The molecule has 2 aromatic carbocycles. The number of hydrogen-bond donors (Lipinski definition) is 1. The van der Waals surface area contributed by atoms with Crippen LogP contribution in [0.3, 0.4) is 0 Å². The molecule has 0 atom stereocenters. The fourth-order valence-corrected chi connectivity index (χ4v) is 5.32. The third-order valence-electron chi connectivity index (χ3n) is 5.96. The summed E-state index contributed by atoms with van der Waals surface area (Å²) < 4.78 is 47.2. The van der Waals surface area contributed by atoms with Gasteiger partial charge in [0, 0.05) is 50.3 Å². The smallest absolute Gasteiger partial charge is 0.240 e. The van der Waals surface area contributed by atoms with Gasteiger partial charge < -0.3 is 18.8 Å². The monoisotopic (exact) mass is 457 g/mol. The Bertz CT molecular complexity index is 1220. The molecule has 5 rings (SSSR count). The Morgan fingerprint density at radius 3 is 2.84 bits per heavy atom. The summed E-state index contributed by atoms with van der Waals surface area (Å²) in [4.78, 5) is 2.56. The Kier molecular flexibility index (Phi) is 5.71. The number of aryl methyl sites for hydroxylation is 1. The van der Waals surface area contributed by atoms with Crippen LogP contribution in [-0.4, -0.2) is 63.9 Å². The number of aromatic nitrogens is 1. The van der Waals surface area contributed by atoms with Crippen molar-refractivity contribution in [3.63, 3.8) is 0 Å². The van der Waals surface area contributed by atoms with Gasteiger partial charge in [0.2, 0.25) is 15.8 Å². The predicted molar refractivity (Wildman–Crippen MR) is 121 cm³/mol. The van der Waals surface area contributed by atoms with Crippen LogP contribution >= 0.6 is 0 Å². The van der Waals surface area contributed by atoms with Crippen LogP contribution in [0.5, 0.6) is 17.2 Å². The van der Waals surface area contributed by atoms with Crippen LogP contribution in [0.15, 0.2) is 53.6 Å². The van der Waals surface area contributed by atoms with E-state index in [1.165, 1.54) is 0 Å². The summed E-state index contributed by atoms with van der Waals surface area (Å²) in [5.74, 6) is 2.38. The first-order valence-electron chi connectivity index (χ1n) is 10.8. The highest BCUT2D eigenvalue weighted by Crippen LogP contribution is 2.38. The topological polar surface area (TPSA) is 82.0 Å². The van der Waals surface area contributed by atoms with Crippen LogP contribution in [0.1, 0.15) is 0 Å². The largest absolute Gasteiger partial charge is 0.488 e. The maximum atomic E-state index is 12.7. The van der Waals surface area contributed by atoms with E-state index < -0.39 is 10.0 Å². The van der Waals surface area contributed by atoms with E-state index in [0.717, 1.165) is 36.3 Å². The molecule has 2 aliphatic heterocycles. The van der Waals surface area contributed by atoms with Gasteiger partial charge in [-0.2, -0.15) is 0 Å². The van der Waals surface area contributed by atoms with E-state index in [-0.39, 0.29) is 0 Å². The molecular formula is C23H27N3O5S. The summed E-state index contributed by atoms with van der Waals surface area (Å²) in [5.41, 5.74) is 1.01. The van der Waals surface area contributed by atoms with Crippen molar-refractivity contribution in [2.45, 2.75) is 4.90 Å². The van der Waals surface area contributed by atoms with Gasteiger partial charge in [0.05, 0.1) is 4.90 Å². The highest BCUT2D eigenvalue weighted by atomic mass is 32.2. The van der Waals surface area contributed by atoms with Crippen LogP contribution < -0.4 is 18.9 Å². The van der Waals surface area contributed by atoms with Crippen molar-refractivity contribution in [3.05, 3.63) is 48.7 Å². The molecule has 0 amide bonds. The van der Waals surface area contributed by atoms with Crippen molar-refractivity contribution in [2.24, 2.45) is 13.0 Å². The lowest BCUT2D eigenvalue weighted by Crippen LogP contribution is -2.52. The fourth-order valence-electron chi connectivity index (χ4n) is 4.17. The first kappa shape index (κ1) is 21.1. The number of hydrogen-bond acceptors (Lipinski definition) is 6. The second-order valence-corrected chi connectivity index (χ2v) is 10.0. The normalized spacial score (nSPS) is 16.8. The maximum Gasteiger partial charge on any atom is 0.240 e. The number of benzene rings is 2. The molecule has 9 heteroatoms. The summed E-state index contributed by atoms with van der Waals surface area (Å²) in [6, 6.07) is 12.8. The first-order chi connectivity index (χ1) is 15.5. The van der Waals surface area contributed by atoms with Gasteiger partial charge >= 0.3 is 0 Å². The number of para-hydroxylation sites is 1. The van der Waals surface area contributed by atoms with Crippen molar-refractivity contribution in [1.82, 2.24) is 14.2 Å². The molecule has 3 heterocycles. The van der Waals surface area contributed by atoms with Crippen LogP contribution in [0.25, 0.3) is 10.9 Å². The summed E-state index contributed by atoms with van der Waals surface area (Å²) in [6.45, 7) is 4.51. The lowest BCUT2D eigenvalue weighted by atomic mass is 10.0. The van der Waals surface area contributed by atoms with Crippen LogP contribution in [0, 0.1) is 5.92 Å². The van der Waals surface area contributed by atoms with E-state index in [1.54, 1.807) is 12.1 Å². The van der Waals surface area contributed by atoms with Crippen molar-refractivity contribution >= 4 is 20.9 Å². The Morgan fingerprint density at radius 1 is 1.12 bits per heavy atom. The van der Waals surface area contributed by atoms with Crippen molar-refractivity contribution in [1.29, 1.82) is 0 Å². The number of fused-ring (bicyclic) bond motifs is 2. The molecule has 0 unspecified atom stereocenters. The minimum absolute atomic E-state index is 0.298. The minimum atomic E-state index is -3.52. The molecule has 0 saturated carbocycles. The number of likely N-dealkylation sites (tertiary alicyclic amines) is 1. The van der Waals surface area contributed by atoms with E-state index in [0.29, 0.717) is 48.7 Å². The Balaban J connectivity index is 1.07. The molecule has 170 valence electrons. The Labute approximate surface area is 187 Å². The molecule has 0 bridgehead atoms. The molecule has 0 spiro atoms. The molecule has 0 radical (unpaired) electrons. The van der Waals surface area contributed by atoms with E-state index >= 15 is 0 Å². The van der Waals surface area contributed by atoms with Gasteiger partial charge in [0.1, 0.15) is 19.8 Å². The predicted octanol–water partition coefficient (Wildman–Crippen LogP) is 2.24. The van der Waals surface area contributed by atoms with E-state index in [1.807, 2.05) is 48.1 Å². The molecule has 1 N–H and O–H groups in total. The van der Waals surface area contributed by atoms with Gasteiger partial charge in [-0.25, -0.2) is 13.1 Å². The Morgan fingerprint density at radius 2 is 1.97 bits per heavy atom. The lowest BCUT2D eigenvalue weighted by molar-refractivity contribution is 0.0835. The second kappa shape index (κ2) is 8.65. The van der Waals surface area contributed by atoms with Crippen LogP contribution in [0.2, 0.25) is 0 Å². The maximum absolute atomic E-state index is 12.7. The average Bonchev–Trinajstić information content (AvgIpc) is 3.15. The molecule has 8 nitrogen and oxygen atoms in total. The van der Waals surface area contributed by atoms with Gasteiger partial charge in [0.15, 0.2) is 11.5 Å². The minimum Gasteiger partial charge on any atom is -0.488 e. The van der Waals surface area contributed by atoms with Crippen LogP contribution in [-0.2, 0) is 17.1 Å². The number of nitrogens with zero attached hydrogens (tertiary/aromatic N) is 2. The number of nitrogens with one attached hydrogen (secondary N) is 1. The quantitative estimate of drug-likeness (QED) is 0.559. The van der Waals surface area contributed by atoms with Crippen molar-refractivity contribution in [3.8, 4) is 17.2 Å². The average molecular weight is 458 g/mol. The standard InChI is InChI=1S/C23H27N3O5S/c1-25-8-7-18-13-19(5-6-20(18)25)32(27,28)24-14-17-15-26(16-17)9-10-29-21-3-2-4-22-23(21)31-12-11-30-22/h2-8,13,17,24H,9-12,14-16H2,1H3. The van der Waals surface area contributed by atoms with Gasteiger partial charge in [-0.3, -0.25) is 4.90 Å². The molecule has 1 aromatic heterocycles. The van der Waals surface area contributed by atoms with Gasteiger partial charge in [-0.1, -0.05) is 6.07 Å². The van der Waals surface area contributed by atoms with Crippen LogP contribution in [0.4, 0.5) is 0 Å². The number of sulfonamides is 1. The lowest BCUT2D eigenvalue weighted by Gasteiger charge is -2.39. The number of ether oxygens (including phenoxy) is 3. The third-order valence-corrected chi connectivity index (χ3v) is 7.38. The Hall–Kier alpha value is -2.75. The van der Waals surface area contributed by atoms with Gasteiger partial charge in [-0.15, -0.1) is 0 Å². The third kappa shape index (κ3) is 4.28. The van der Waals surface area contributed by atoms with Gasteiger partial charge in [0.25, 0.3) is 0 Å². The van der Waals surface area contributed by atoms with E-state index in [4.69, 9.17) is 14.2 Å². The zero-order valence-corrected chi connectivity index (χ0v) is 18.8. The fraction of sp³-hybridized carbons (Fsp3) is 0.391. The SMILES string of the molecule is Cn1ccc2cc(S(=O)(=O)NCC3CN(CCOc4cccc5c4OCCO5)C3)ccc21. The van der Waals surface area contributed by atoms with Gasteiger partial charge in [-0.05, 0) is 42.3 Å². The molecular weight excluding hydrogens is 430 g/mol. The zero-order chi connectivity index (χ0) is 22.1. The molecule has 0 aliphatic carbocycles. The molecule has 32 heavy (non-hydrogen) atoms. The van der Waals surface area contributed by atoms with E-state index in [2.05, 4.69) is 9.62 Å². The van der Waals surface area contributed by atoms with Crippen molar-refractivity contribution < 1.29 is 22.6 Å². The molecule has 1 fully saturated rings. The molecule has 3 aromatic rings. The van der Waals surface area contributed by atoms with E-state index in [9.17, 15) is 8.42 Å². The second-order valence-electron chi connectivity index (χ2n) is 8.25. The first-order valence-corrected chi connectivity index (χ1v) is 12.3. The summed E-state index contributed by atoms with van der Waals surface area (Å²) in [7, 11) is -1.58. The highest BCUT2D eigenvalue weighted by Gasteiger charge is 2.28. The zero-order valence-electron chi connectivity index (χ0n) is 18.0. The molecule has 2 aliphatic rings. The molecule has 1 saturated heterocycles.